The van der Waals surface area contributed by atoms with Gasteiger partial charge in [-0.1, -0.05) is 73.7 Å². The molecule has 0 aliphatic carbocycles. The Kier molecular flexibility index (Phi) is 3.95. The molecule has 0 amide bonds. The number of pyridine rings is 1. The Labute approximate surface area is 147 Å². The van der Waals surface area contributed by atoms with Crippen molar-refractivity contribution in [2.45, 2.75) is 13.3 Å². The van der Waals surface area contributed by atoms with E-state index >= 15 is 0 Å². The zero-order valence-corrected chi connectivity index (χ0v) is 14.1. The number of rotatable bonds is 3. The summed E-state index contributed by atoms with van der Waals surface area (Å²) in [6.45, 7) is 2.15. The molecule has 0 bridgehead atoms. The highest BCUT2D eigenvalue weighted by molar-refractivity contribution is 5.90. The highest BCUT2D eigenvalue weighted by Gasteiger charge is 2.17. The van der Waals surface area contributed by atoms with Gasteiger partial charge < -0.3 is 0 Å². The van der Waals surface area contributed by atoms with Gasteiger partial charge in [-0.3, -0.25) is 9.36 Å². The molecule has 0 aliphatic rings. The summed E-state index contributed by atoms with van der Waals surface area (Å²) in [6, 6.07) is 28.0. The van der Waals surface area contributed by atoms with Crippen LogP contribution in [0.5, 0.6) is 0 Å². The minimum Gasteiger partial charge on any atom is -0.276 e. The van der Waals surface area contributed by atoms with Gasteiger partial charge in [0.15, 0.2) is 0 Å². The molecule has 2 nitrogen and oxygen atoms in total. The molecule has 122 valence electrons. The first-order valence-corrected chi connectivity index (χ1v) is 8.58. The topological polar surface area (TPSA) is 22.0 Å². The molecule has 0 saturated carbocycles. The van der Waals surface area contributed by atoms with Crippen molar-refractivity contribution in [3.63, 3.8) is 0 Å². The first-order valence-electron chi connectivity index (χ1n) is 8.58. The van der Waals surface area contributed by atoms with Crippen molar-refractivity contribution in [3.05, 3.63) is 101 Å². The monoisotopic (exact) mass is 325 g/mol. The van der Waals surface area contributed by atoms with Crippen molar-refractivity contribution in [2.24, 2.45) is 0 Å². The summed E-state index contributed by atoms with van der Waals surface area (Å²) in [5, 5.41) is 1.81. The summed E-state index contributed by atoms with van der Waals surface area (Å²) < 4.78 is 1.86. The molecule has 25 heavy (non-hydrogen) atoms. The van der Waals surface area contributed by atoms with Crippen LogP contribution in [0.3, 0.4) is 0 Å². The molecule has 0 saturated heterocycles. The van der Waals surface area contributed by atoms with E-state index in [0.717, 1.165) is 34.1 Å². The summed E-state index contributed by atoms with van der Waals surface area (Å²) in [7, 11) is 0. The lowest BCUT2D eigenvalue weighted by molar-refractivity contribution is 0.985. The predicted molar refractivity (Wildman–Crippen MR) is 104 cm³/mol. The molecule has 0 unspecified atom stereocenters. The maximum Gasteiger partial charge on any atom is 0.263 e. The van der Waals surface area contributed by atoms with Crippen molar-refractivity contribution < 1.29 is 0 Å². The molecule has 0 spiro atoms. The van der Waals surface area contributed by atoms with E-state index in [1.165, 1.54) is 5.56 Å². The fourth-order valence-corrected chi connectivity index (χ4v) is 3.50. The van der Waals surface area contributed by atoms with Gasteiger partial charge in [-0.2, -0.15) is 0 Å². The third-order valence-corrected chi connectivity index (χ3v) is 4.61. The van der Waals surface area contributed by atoms with Crippen LogP contribution in [0.2, 0.25) is 0 Å². The Morgan fingerprint density at radius 3 is 1.92 bits per heavy atom. The molecule has 1 aromatic heterocycles. The molecule has 0 radical (unpaired) electrons. The van der Waals surface area contributed by atoms with Crippen LogP contribution >= 0.6 is 0 Å². The molecule has 0 fully saturated rings. The molecule has 2 heteroatoms. The van der Waals surface area contributed by atoms with Gasteiger partial charge in [-0.05, 0) is 41.1 Å². The number of aromatic nitrogens is 1. The molecular weight excluding hydrogens is 306 g/mol. The van der Waals surface area contributed by atoms with Crippen molar-refractivity contribution in [1.29, 1.82) is 0 Å². The van der Waals surface area contributed by atoms with Crippen LogP contribution in [-0.2, 0) is 6.42 Å². The Morgan fingerprint density at radius 2 is 1.28 bits per heavy atom. The normalized spacial score (nSPS) is 10.9. The molecule has 0 aliphatic heterocycles. The largest absolute Gasteiger partial charge is 0.276 e. The van der Waals surface area contributed by atoms with Crippen LogP contribution in [0.25, 0.3) is 27.7 Å². The van der Waals surface area contributed by atoms with E-state index in [-0.39, 0.29) is 5.56 Å². The van der Waals surface area contributed by atoms with Crippen molar-refractivity contribution in [3.8, 4) is 16.9 Å². The van der Waals surface area contributed by atoms with Crippen LogP contribution in [0.4, 0.5) is 0 Å². The predicted octanol–water partition coefficient (Wildman–Crippen LogP) is 5.22. The van der Waals surface area contributed by atoms with Gasteiger partial charge in [0.2, 0.25) is 0 Å². The Balaban J connectivity index is 2.22. The van der Waals surface area contributed by atoms with Crippen molar-refractivity contribution >= 4 is 10.8 Å². The molecule has 1 heterocycles. The number of para-hydroxylation sites is 1. The lowest BCUT2D eigenvalue weighted by Gasteiger charge is -2.19. The smallest absolute Gasteiger partial charge is 0.263 e. The SMILES string of the molecule is CCc1c(-c2ccccc2)n(-c2ccccc2)c(=O)c2ccccc12. The van der Waals surface area contributed by atoms with Crippen molar-refractivity contribution in [2.75, 3.05) is 0 Å². The second-order valence-corrected chi connectivity index (χ2v) is 6.07. The van der Waals surface area contributed by atoms with E-state index in [9.17, 15) is 4.79 Å². The molecule has 0 N–H and O–H groups in total. The zero-order chi connectivity index (χ0) is 17.2. The Bertz CT molecular complexity index is 1080. The highest BCUT2D eigenvalue weighted by atomic mass is 16.1. The number of hydrogen-bond acceptors (Lipinski definition) is 1. The van der Waals surface area contributed by atoms with Crippen LogP contribution in [-0.4, -0.2) is 4.57 Å². The van der Waals surface area contributed by atoms with Gasteiger partial charge in [0.25, 0.3) is 5.56 Å². The number of nitrogens with zero attached hydrogens (tertiary/aromatic N) is 1. The van der Waals surface area contributed by atoms with E-state index in [1.54, 1.807) is 0 Å². The first-order chi connectivity index (χ1) is 12.3. The lowest BCUT2D eigenvalue weighted by atomic mass is 9.97. The third-order valence-electron chi connectivity index (χ3n) is 4.61. The second kappa shape index (κ2) is 6.40. The fraction of sp³-hybridized carbons (Fsp3) is 0.0870. The zero-order valence-electron chi connectivity index (χ0n) is 14.1. The van der Waals surface area contributed by atoms with E-state index in [0.29, 0.717) is 0 Å². The van der Waals surface area contributed by atoms with E-state index in [4.69, 9.17) is 0 Å². The summed E-state index contributed by atoms with van der Waals surface area (Å²) in [5.74, 6) is 0. The molecule has 3 aromatic carbocycles. The van der Waals surface area contributed by atoms with E-state index in [1.807, 2.05) is 71.3 Å². The third kappa shape index (κ3) is 2.56. The highest BCUT2D eigenvalue weighted by Crippen LogP contribution is 2.30. The minimum atomic E-state index is 0.0258. The van der Waals surface area contributed by atoms with E-state index in [2.05, 4.69) is 25.1 Å². The molecular formula is C23H19NO. The average molecular weight is 325 g/mol. The van der Waals surface area contributed by atoms with Crippen molar-refractivity contribution in [1.82, 2.24) is 4.57 Å². The maximum absolute atomic E-state index is 13.4. The van der Waals surface area contributed by atoms with Gasteiger partial charge in [-0.25, -0.2) is 0 Å². The average Bonchev–Trinajstić information content (AvgIpc) is 2.69. The first kappa shape index (κ1) is 15.4. The number of hydrogen-bond donors (Lipinski definition) is 0. The quantitative estimate of drug-likeness (QED) is 0.506. The Morgan fingerprint density at radius 1 is 0.720 bits per heavy atom. The van der Waals surface area contributed by atoms with Gasteiger partial charge in [0, 0.05) is 11.1 Å². The number of aryl methyl sites for hydroxylation is 1. The van der Waals surface area contributed by atoms with Gasteiger partial charge in [0.05, 0.1) is 5.69 Å². The fourth-order valence-electron chi connectivity index (χ4n) is 3.50. The lowest BCUT2D eigenvalue weighted by Crippen LogP contribution is -2.22. The standard InChI is InChI=1S/C23H19NO/c1-2-19-20-15-9-10-16-21(20)23(25)24(18-13-7-4-8-14-18)22(19)17-11-5-3-6-12-17/h3-16H,2H2,1H3. The van der Waals surface area contributed by atoms with E-state index < -0.39 is 0 Å². The number of benzene rings is 3. The Hall–Kier alpha value is -3.13. The van der Waals surface area contributed by atoms with Crippen LogP contribution < -0.4 is 5.56 Å². The summed E-state index contributed by atoms with van der Waals surface area (Å²) in [4.78, 5) is 13.4. The maximum atomic E-state index is 13.4. The molecule has 0 atom stereocenters. The van der Waals surface area contributed by atoms with Gasteiger partial charge in [0.1, 0.15) is 0 Å². The number of fused-ring (bicyclic) bond motifs is 1. The minimum absolute atomic E-state index is 0.0258. The summed E-state index contributed by atoms with van der Waals surface area (Å²) in [5.41, 5.74) is 4.17. The van der Waals surface area contributed by atoms with Gasteiger partial charge in [-0.15, -0.1) is 0 Å². The second-order valence-electron chi connectivity index (χ2n) is 6.07. The summed E-state index contributed by atoms with van der Waals surface area (Å²) in [6.07, 6.45) is 0.859. The van der Waals surface area contributed by atoms with Gasteiger partial charge >= 0.3 is 0 Å². The van der Waals surface area contributed by atoms with Crippen LogP contribution in [0, 0.1) is 0 Å². The van der Waals surface area contributed by atoms with Crippen LogP contribution in [0.1, 0.15) is 12.5 Å². The molecule has 4 aromatic rings. The van der Waals surface area contributed by atoms with Crippen LogP contribution in [0.15, 0.2) is 89.7 Å². The summed E-state index contributed by atoms with van der Waals surface area (Å²) >= 11 is 0. The molecule has 4 rings (SSSR count).